The molecule has 0 aliphatic carbocycles. The highest BCUT2D eigenvalue weighted by Crippen LogP contribution is 2.25. The molecule has 0 amide bonds. The van der Waals surface area contributed by atoms with E-state index in [1.165, 1.54) is 6.92 Å². The van der Waals surface area contributed by atoms with Crippen molar-refractivity contribution in [2.75, 3.05) is 5.48 Å². The molecule has 0 aromatic heterocycles. The zero-order valence-electron chi connectivity index (χ0n) is 8.93. The summed E-state index contributed by atoms with van der Waals surface area (Å²) in [4.78, 5) is 11.4. The first-order valence-corrected chi connectivity index (χ1v) is 4.51. The van der Waals surface area contributed by atoms with Crippen molar-refractivity contribution < 1.29 is 10.0 Å². The number of hydrogen-bond donors (Lipinski definition) is 2. The highest BCUT2D eigenvalue weighted by Gasteiger charge is 2.13. The lowest BCUT2D eigenvalue weighted by atomic mass is 9.95. The lowest BCUT2D eigenvalue weighted by molar-refractivity contribution is 0.101. The van der Waals surface area contributed by atoms with Crippen molar-refractivity contribution in [2.45, 2.75) is 27.7 Å². The predicted molar refractivity (Wildman–Crippen MR) is 56.1 cm³/mol. The molecule has 0 heterocycles. The van der Waals surface area contributed by atoms with Crippen molar-refractivity contribution in [3.8, 4) is 0 Å². The third-order valence-electron chi connectivity index (χ3n) is 2.63. The van der Waals surface area contributed by atoms with Gasteiger partial charge in [0.15, 0.2) is 5.78 Å². The highest BCUT2D eigenvalue weighted by molar-refractivity contribution is 6.01. The van der Waals surface area contributed by atoms with E-state index in [2.05, 4.69) is 5.48 Å². The fourth-order valence-corrected chi connectivity index (χ4v) is 1.62. The molecule has 0 radical (unpaired) electrons. The number of Topliss-reactive ketones (excluding diaryl/α,β-unsaturated/α-hetero) is 1. The second kappa shape index (κ2) is 3.80. The van der Waals surface area contributed by atoms with Crippen molar-refractivity contribution in [3.63, 3.8) is 0 Å². The largest absolute Gasteiger partial charge is 0.294 e. The van der Waals surface area contributed by atoms with Gasteiger partial charge in [0.05, 0.1) is 5.69 Å². The molecule has 0 spiro atoms. The van der Waals surface area contributed by atoms with E-state index >= 15 is 0 Å². The van der Waals surface area contributed by atoms with Crippen LogP contribution in [0.2, 0.25) is 0 Å². The quantitative estimate of drug-likeness (QED) is 0.560. The number of anilines is 1. The molecule has 2 N–H and O–H groups in total. The first-order chi connectivity index (χ1) is 6.49. The van der Waals surface area contributed by atoms with Crippen LogP contribution in [0.15, 0.2) is 6.07 Å². The molecule has 76 valence electrons. The van der Waals surface area contributed by atoms with Crippen molar-refractivity contribution >= 4 is 11.5 Å². The number of benzene rings is 1. The van der Waals surface area contributed by atoms with Gasteiger partial charge in [0.25, 0.3) is 0 Å². The average Bonchev–Trinajstić information content (AvgIpc) is 2.12. The molecule has 1 aromatic rings. The normalized spacial score (nSPS) is 10.1. The number of rotatable bonds is 2. The molecule has 0 bridgehead atoms. The summed E-state index contributed by atoms with van der Waals surface area (Å²) in [6.45, 7) is 7.31. The maximum Gasteiger partial charge on any atom is 0.162 e. The molecule has 3 nitrogen and oxygen atoms in total. The van der Waals surface area contributed by atoms with E-state index in [1.54, 1.807) is 6.07 Å². The molecule has 1 rings (SSSR count). The van der Waals surface area contributed by atoms with Crippen molar-refractivity contribution in [3.05, 3.63) is 28.3 Å². The lowest BCUT2D eigenvalue weighted by Gasteiger charge is -2.13. The summed E-state index contributed by atoms with van der Waals surface area (Å²) >= 11 is 0. The van der Waals surface area contributed by atoms with Crippen LogP contribution in [0.4, 0.5) is 5.69 Å². The summed E-state index contributed by atoms with van der Waals surface area (Å²) in [5.74, 6) is -0.0397. The minimum atomic E-state index is -0.0397. The number of hydrogen-bond acceptors (Lipinski definition) is 3. The van der Waals surface area contributed by atoms with Gasteiger partial charge in [-0.2, -0.15) is 0 Å². The van der Waals surface area contributed by atoms with Gasteiger partial charge in [0, 0.05) is 5.56 Å². The summed E-state index contributed by atoms with van der Waals surface area (Å²) in [5, 5.41) is 8.90. The topological polar surface area (TPSA) is 49.3 Å². The Kier molecular flexibility index (Phi) is 2.91. The fraction of sp³-hybridized carbons (Fsp3) is 0.364. The Labute approximate surface area is 83.7 Å². The highest BCUT2D eigenvalue weighted by atomic mass is 16.5. The fourth-order valence-electron chi connectivity index (χ4n) is 1.62. The maximum absolute atomic E-state index is 11.4. The SMILES string of the molecule is CC(=O)c1c(NO)cc(C)c(C)c1C. The minimum absolute atomic E-state index is 0.0397. The van der Waals surface area contributed by atoms with Crippen LogP contribution >= 0.6 is 0 Å². The smallest absolute Gasteiger partial charge is 0.162 e. The van der Waals surface area contributed by atoms with Gasteiger partial charge in [-0.25, -0.2) is 0 Å². The van der Waals surface area contributed by atoms with Gasteiger partial charge in [0.2, 0.25) is 0 Å². The molecule has 0 fully saturated rings. The Balaban J connectivity index is 3.53. The number of aryl methyl sites for hydroxylation is 1. The van der Waals surface area contributed by atoms with Crippen LogP contribution in [0.1, 0.15) is 34.0 Å². The summed E-state index contributed by atoms with van der Waals surface area (Å²) in [7, 11) is 0. The van der Waals surface area contributed by atoms with E-state index in [-0.39, 0.29) is 5.78 Å². The number of carbonyl (C=O) groups is 1. The molecule has 1 aromatic carbocycles. The van der Waals surface area contributed by atoms with E-state index in [0.29, 0.717) is 11.3 Å². The number of nitrogens with one attached hydrogen (secondary N) is 1. The summed E-state index contributed by atoms with van der Waals surface area (Å²) < 4.78 is 0. The average molecular weight is 193 g/mol. The lowest BCUT2D eigenvalue weighted by Crippen LogP contribution is -2.06. The zero-order valence-corrected chi connectivity index (χ0v) is 8.93. The van der Waals surface area contributed by atoms with Gasteiger partial charge in [0.1, 0.15) is 0 Å². The molecule has 0 aliphatic rings. The molecule has 0 atom stereocenters. The Morgan fingerprint density at radius 3 is 2.29 bits per heavy atom. The van der Waals surface area contributed by atoms with Crippen LogP contribution < -0.4 is 5.48 Å². The third kappa shape index (κ3) is 1.63. The van der Waals surface area contributed by atoms with Crippen molar-refractivity contribution in [1.82, 2.24) is 0 Å². The van der Waals surface area contributed by atoms with Crippen molar-refractivity contribution in [2.24, 2.45) is 0 Å². The molecule has 3 heteroatoms. The summed E-state index contributed by atoms with van der Waals surface area (Å²) in [6, 6.07) is 1.78. The standard InChI is InChI=1S/C11H15NO2/c1-6-5-10(12-14)11(9(4)13)8(3)7(6)2/h5,12,14H,1-4H3. The van der Waals surface area contributed by atoms with Gasteiger partial charge in [-0.05, 0) is 50.5 Å². The van der Waals surface area contributed by atoms with Crippen LogP contribution in [-0.4, -0.2) is 11.0 Å². The van der Waals surface area contributed by atoms with Crippen LogP contribution in [-0.2, 0) is 0 Å². The van der Waals surface area contributed by atoms with E-state index in [9.17, 15) is 4.79 Å². The van der Waals surface area contributed by atoms with Crippen LogP contribution in [0.3, 0.4) is 0 Å². The molecular formula is C11H15NO2. The van der Waals surface area contributed by atoms with Gasteiger partial charge >= 0.3 is 0 Å². The number of carbonyl (C=O) groups excluding carboxylic acids is 1. The Morgan fingerprint density at radius 1 is 1.29 bits per heavy atom. The molecule has 0 saturated heterocycles. The second-order valence-electron chi connectivity index (χ2n) is 3.53. The molecule has 0 aliphatic heterocycles. The van der Waals surface area contributed by atoms with Gasteiger partial charge < -0.3 is 0 Å². The first-order valence-electron chi connectivity index (χ1n) is 4.51. The van der Waals surface area contributed by atoms with Gasteiger partial charge in [-0.1, -0.05) is 0 Å². The van der Waals surface area contributed by atoms with Crippen LogP contribution in [0.25, 0.3) is 0 Å². The maximum atomic E-state index is 11.4. The molecule has 0 unspecified atom stereocenters. The third-order valence-corrected chi connectivity index (χ3v) is 2.63. The molecule has 14 heavy (non-hydrogen) atoms. The number of ketones is 1. The van der Waals surface area contributed by atoms with Gasteiger partial charge in [-0.15, -0.1) is 0 Å². The minimum Gasteiger partial charge on any atom is -0.294 e. The predicted octanol–water partition coefficient (Wildman–Crippen LogP) is 2.62. The molecule has 0 saturated carbocycles. The first kappa shape index (κ1) is 10.7. The van der Waals surface area contributed by atoms with Crippen LogP contribution in [0.5, 0.6) is 0 Å². The zero-order chi connectivity index (χ0) is 10.9. The Bertz CT molecular complexity index is 383. The second-order valence-corrected chi connectivity index (χ2v) is 3.53. The van der Waals surface area contributed by atoms with E-state index in [1.807, 2.05) is 20.8 Å². The van der Waals surface area contributed by atoms with Gasteiger partial charge in [-0.3, -0.25) is 15.5 Å². The summed E-state index contributed by atoms with van der Waals surface area (Å²) in [5.41, 5.74) is 6.19. The monoisotopic (exact) mass is 193 g/mol. The van der Waals surface area contributed by atoms with Crippen molar-refractivity contribution in [1.29, 1.82) is 0 Å². The van der Waals surface area contributed by atoms with E-state index in [4.69, 9.17) is 5.21 Å². The Hall–Kier alpha value is -1.35. The Morgan fingerprint density at radius 2 is 1.86 bits per heavy atom. The van der Waals surface area contributed by atoms with E-state index in [0.717, 1.165) is 16.7 Å². The van der Waals surface area contributed by atoms with E-state index < -0.39 is 0 Å². The van der Waals surface area contributed by atoms with Crippen LogP contribution in [0, 0.1) is 20.8 Å². The molecular weight excluding hydrogens is 178 g/mol. The summed E-state index contributed by atoms with van der Waals surface area (Å²) in [6.07, 6.45) is 0.